The number of anilines is 1. The quantitative estimate of drug-likeness (QED) is 0.397. The van der Waals surface area contributed by atoms with Crippen LogP contribution in [0.3, 0.4) is 0 Å². The number of hydrogen-bond donors (Lipinski definition) is 2. The Morgan fingerprint density at radius 2 is 1.92 bits per heavy atom. The standard InChI is InChI=1S/C29H32N8O2/c1-38-25-17-35(18-25)22-8-26(29(34-13-22)21(9-30)10-31)20-4-5-27(32-12-20)36-15-23-7-24(16-36)37(23)14-19-3-6-28(39-2)33-11-19/h3-6,8-9,11-13,23-25,30,34H,7,14-18H2,1-2H3/b29-21+,30-9?. The lowest BCUT2D eigenvalue weighted by Crippen LogP contribution is -2.68. The minimum Gasteiger partial charge on any atom is -0.481 e. The van der Waals surface area contributed by atoms with Crippen LogP contribution in [0.4, 0.5) is 5.82 Å². The predicted octanol–water partition coefficient (Wildman–Crippen LogP) is 2.53. The number of nitriles is 1. The van der Waals surface area contributed by atoms with Crippen molar-refractivity contribution in [3.05, 3.63) is 77.0 Å². The van der Waals surface area contributed by atoms with E-state index in [1.54, 1.807) is 14.2 Å². The van der Waals surface area contributed by atoms with Crippen molar-refractivity contribution in [2.45, 2.75) is 31.2 Å². The number of fused-ring (bicyclic) bond motifs is 2. The molecule has 5 aliphatic heterocycles. The molecule has 0 aliphatic carbocycles. The third-order valence-corrected chi connectivity index (χ3v) is 8.11. The van der Waals surface area contributed by atoms with Crippen molar-refractivity contribution >= 4 is 17.6 Å². The van der Waals surface area contributed by atoms with Crippen LogP contribution in [0.1, 0.15) is 17.5 Å². The molecule has 2 unspecified atom stereocenters. The first-order valence-electron chi connectivity index (χ1n) is 13.2. The number of dihydropyridines is 1. The van der Waals surface area contributed by atoms with Gasteiger partial charge in [-0.2, -0.15) is 5.26 Å². The van der Waals surface area contributed by atoms with Gasteiger partial charge in [0.1, 0.15) is 11.9 Å². The molecule has 0 aromatic carbocycles. The number of rotatable bonds is 8. The maximum atomic E-state index is 9.61. The molecule has 10 heteroatoms. The van der Waals surface area contributed by atoms with Crippen LogP contribution in [0.5, 0.6) is 5.88 Å². The Morgan fingerprint density at radius 3 is 2.54 bits per heavy atom. The molecule has 10 nitrogen and oxygen atoms in total. The first-order chi connectivity index (χ1) is 19.1. The number of piperazine rings is 1. The van der Waals surface area contributed by atoms with Crippen molar-refractivity contribution in [1.82, 2.24) is 25.1 Å². The summed E-state index contributed by atoms with van der Waals surface area (Å²) in [7, 11) is 3.37. The van der Waals surface area contributed by atoms with Crippen molar-refractivity contribution in [1.29, 1.82) is 10.7 Å². The molecule has 0 amide bonds. The van der Waals surface area contributed by atoms with Gasteiger partial charge in [0.15, 0.2) is 0 Å². The summed E-state index contributed by atoms with van der Waals surface area (Å²) in [6, 6.07) is 11.3. The second-order valence-corrected chi connectivity index (χ2v) is 10.3. The minimum absolute atomic E-state index is 0.233. The SMILES string of the molecule is COc1ccc(CN2C3CC2CN(c2ccc(C4=CC(N5CC(OC)C5)=CN/C4=C(/C#N)C=N)cn2)C3)cn1. The Bertz CT molecular complexity index is 1360. The molecule has 2 aromatic heterocycles. The first-order valence-corrected chi connectivity index (χ1v) is 13.2. The molecule has 2 aromatic rings. The average Bonchev–Trinajstić information content (AvgIpc) is 2.97. The topological polar surface area (TPSA) is 114 Å². The summed E-state index contributed by atoms with van der Waals surface area (Å²) in [5.74, 6) is 1.60. The molecule has 4 saturated heterocycles. The Labute approximate surface area is 228 Å². The fourth-order valence-electron chi connectivity index (χ4n) is 5.78. The molecule has 0 radical (unpaired) electrons. The molecule has 7 heterocycles. The van der Waals surface area contributed by atoms with Crippen LogP contribution in [0.25, 0.3) is 5.57 Å². The Kier molecular flexibility index (Phi) is 6.77. The molecule has 4 fully saturated rings. The maximum absolute atomic E-state index is 9.61. The lowest BCUT2D eigenvalue weighted by Gasteiger charge is -2.56. The third kappa shape index (κ3) is 4.75. The minimum atomic E-state index is 0.233. The number of allylic oxidation sites excluding steroid dienone is 3. The number of nitrogens with zero attached hydrogens (tertiary/aromatic N) is 6. The van der Waals surface area contributed by atoms with Crippen LogP contribution in [-0.4, -0.2) is 84.6 Å². The van der Waals surface area contributed by atoms with E-state index >= 15 is 0 Å². The number of pyridine rings is 2. The third-order valence-electron chi connectivity index (χ3n) is 8.11. The molecule has 2 bridgehead atoms. The highest BCUT2D eigenvalue weighted by Crippen LogP contribution is 2.36. The highest BCUT2D eigenvalue weighted by atomic mass is 16.5. The van der Waals surface area contributed by atoms with Crippen LogP contribution < -0.4 is 15.0 Å². The molecule has 5 aliphatic rings. The lowest BCUT2D eigenvalue weighted by atomic mass is 9.87. The van der Waals surface area contributed by atoms with Gasteiger partial charge in [0.25, 0.3) is 0 Å². The zero-order valence-electron chi connectivity index (χ0n) is 22.2. The summed E-state index contributed by atoms with van der Waals surface area (Å²) in [5, 5.41) is 20.6. The van der Waals surface area contributed by atoms with Gasteiger partial charge in [-0.05, 0) is 30.2 Å². The molecule has 0 saturated carbocycles. The number of nitrogens with one attached hydrogen (secondary N) is 2. The van der Waals surface area contributed by atoms with Gasteiger partial charge in [-0.25, -0.2) is 9.97 Å². The maximum Gasteiger partial charge on any atom is 0.212 e. The summed E-state index contributed by atoms with van der Waals surface area (Å²) in [4.78, 5) is 16.3. The molecule has 2 atom stereocenters. The molecule has 200 valence electrons. The van der Waals surface area contributed by atoms with Crippen molar-refractivity contribution in [3.8, 4) is 11.9 Å². The number of hydrogen-bond acceptors (Lipinski definition) is 10. The van der Waals surface area contributed by atoms with Gasteiger partial charge >= 0.3 is 0 Å². The predicted molar refractivity (Wildman–Crippen MR) is 148 cm³/mol. The number of likely N-dealkylation sites (tertiary alicyclic amines) is 1. The van der Waals surface area contributed by atoms with E-state index in [2.05, 4.69) is 55.3 Å². The molecule has 2 N–H and O–H groups in total. The first kappa shape index (κ1) is 25.1. The van der Waals surface area contributed by atoms with Crippen molar-refractivity contribution in [2.24, 2.45) is 0 Å². The van der Waals surface area contributed by atoms with Gasteiger partial charge in [0, 0.05) is 93.9 Å². The summed E-state index contributed by atoms with van der Waals surface area (Å²) in [6.45, 7) is 4.43. The normalized spacial score (nSPS) is 23.9. The summed E-state index contributed by atoms with van der Waals surface area (Å²) in [6.07, 6.45) is 10.3. The summed E-state index contributed by atoms with van der Waals surface area (Å²) in [5.41, 5.74) is 4.89. The second-order valence-electron chi connectivity index (χ2n) is 10.3. The monoisotopic (exact) mass is 524 g/mol. The zero-order valence-corrected chi connectivity index (χ0v) is 22.2. The van der Waals surface area contributed by atoms with Gasteiger partial charge in [0.05, 0.1) is 30.2 Å². The number of aromatic nitrogens is 2. The van der Waals surface area contributed by atoms with Crippen LogP contribution >= 0.6 is 0 Å². The fourth-order valence-corrected chi connectivity index (χ4v) is 5.78. The van der Waals surface area contributed by atoms with Crippen molar-refractivity contribution < 1.29 is 9.47 Å². The van der Waals surface area contributed by atoms with Gasteiger partial charge in [-0.3, -0.25) is 4.90 Å². The second kappa shape index (κ2) is 10.5. The van der Waals surface area contributed by atoms with Gasteiger partial charge in [-0.15, -0.1) is 0 Å². The fraction of sp³-hybridized carbons (Fsp3) is 0.379. The number of ether oxygens (including phenoxy) is 2. The Balaban J connectivity index is 1.16. The average molecular weight is 525 g/mol. The molecular weight excluding hydrogens is 492 g/mol. The largest absolute Gasteiger partial charge is 0.481 e. The smallest absolute Gasteiger partial charge is 0.212 e. The van der Waals surface area contributed by atoms with E-state index in [1.165, 1.54) is 12.0 Å². The number of piperidine rings is 1. The van der Waals surface area contributed by atoms with Gasteiger partial charge in [0.2, 0.25) is 5.88 Å². The van der Waals surface area contributed by atoms with E-state index in [0.717, 1.165) is 61.6 Å². The van der Waals surface area contributed by atoms with Crippen molar-refractivity contribution in [2.75, 3.05) is 45.3 Å². The summed E-state index contributed by atoms with van der Waals surface area (Å²) >= 11 is 0. The highest BCUT2D eigenvalue weighted by molar-refractivity contribution is 5.93. The van der Waals surface area contributed by atoms with Crippen LogP contribution in [0.2, 0.25) is 0 Å². The van der Waals surface area contributed by atoms with Crippen molar-refractivity contribution in [3.63, 3.8) is 0 Å². The molecule has 0 spiro atoms. The molecule has 7 rings (SSSR count). The molecular formula is C29H32N8O2. The van der Waals surface area contributed by atoms with Gasteiger partial charge in [-0.1, -0.05) is 6.07 Å². The Hall–Kier alpha value is -4.20. The molecule has 39 heavy (non-hydrogen) atoms. The van der Waals surface area contributed by atoms with E-state index < -0.39 is 0 Å². The van der Waals surface area contributed by atoms with E-state index in [4.69, 9.17) is 19.9 Å². The van der Waals surface area contributed by atoms with E-state index in [0.29, 0.717) is 23.7 Å². The zero-order chi connectivity index (χ0) is 26.9. The van der Waals surface area contributed by atoms with E-state index in [1.807, 2.05) is 24.7 Å². The Morgan fingerprint density at radius 1 is 1.10 bits per heavy atom. The van der Waals surface area contributed by atoms with Crippen LogP contribution in [0, 0.1) is 16.7 Å². The highest BCUT2D eigenvalue weighted by Gasteiger charge is 2.44. The van der Waals surface area contributed by atoms with Gasteiger partial charge < -0.3 is 30.0 Å². The number of methoxy groups -OCH3 is 2. The lowest BCUT2D eigenvalue weighted by molar-refractivity contribution is -0.00967. The summed E-state index contributed by atoms with van der Waals surface area (Å²) < 4.78 is 10.6. The van der Waals surface area contributed by atoms with Crippen LogP contribution in [-0.2, 0) is 11.3 Å². The van der Waals surface area contributed by atoms with E-state index in [-0.39, 0.29) is 11.7 Å². The van der Waals surface area contributed by atoms with Crippen LogP contribution in [0.15, 0.2) is 65.9 Å². The van der Waals surface area contributed by atoms with E-state index in [9.17, 15) is 5.26 Å².